The molecular weight excluding hydrogens is 244 g/mol. The number of para-hydroxylation sites is 1. The number of anilines is 1. The average Bonchev–Trinajstić information content (AvgIpc) is 2.96. The Kier molecular flexibility index (Phi) is 6.38. The van der Waals surface area contributed by atoms with E-state index in [0.29, 0.717) is 0 Å². The lowest BCUT2D eigenvalue weighted by atomic mass is 9.99. The Morgan fingerprint density at radius 2 is 1.95 bits per heavy atom. The first-order valence-electron chi connectivity index (χ1n) is 8.32. The van der Waals surface area contributed by atoms with Crippen LogP contribution in [0, 0.1) is 5.92 Å². The summed E-state index contributed by atoms with van der Waals surface area (Å²) < 4.78 is 0. The summed E-state index contributed by atoms with van der Waals surface area (Å²) in [5.74, 6) is 0.868. The molecule has 0 spiro atoms. The molecule has 2 rings (SSSR count). The van der Waals surface area contributed by atoms with Crippen molar-refractivity contribution in [3.63, 3.8) is 0 Å². The van der Waals surface area contributed by atoms with Gasteiger partial charge in [0, 0.05) is 24.8 Å². The SMILES string of the molecule is CCCCN(CCC1CCCC1NC)c1ccccc1. The van der Waals surface area contributed by atoms with Crippen LogP contribution in [0.15, 0.2) is 30.3 Å². The highest BCUT2D eigenvalue weighted by molar-refractivity contribution is 5.45. The predicted octanol–water partition coefficient (Wildman–Crippen LogP) is 4.07. The molecule has 0 amide bonds. The first-order chi connectivity index (χ1) is 9.85. The summed E-state index contributed by atoms with van der Waals surface area (Å²) in [5.41, 5.74) is 1.39. The first kappa shape index (κ1) is 15.4. The van der Waals surface area contributed by atoms with Gasteiger partial charge in [0.2, 0.25) is 0 Å². The Bertz CT molecular complexity index is 363. The molecule has 1 aromatic rings. The molecule has 1 fully saturated rings. The molecule has 0 aromatic heterocycles. The van der Waals surface area contributed by atoms with Crippen LogP contribution in [0.25, 0.3) is 0 Å². The quantitative estimate of drug-likeness (QED) is 0.768. The molecule has 20 heavy (non-hydrogen) atoms. The molecule has 0 bridgehead atoms. The van der Waals surface area contributed by atoms with Crippen LogP contribution in [0.4, 0.5) is 5.69 Å². The fourth-order valence-corrected chi connectivity index (χ4v) is 3.44. The van der Waals surface area contributed by atoms with Crippen LogP contribution < -0.4 is 10.2 Å². The number of hydrogen-bond donors (Lipinski definition) is 1. The molecule has 1 saturated carbocycles. The Morgan fingerprint density at radius 3 is 2.65 bits per heavy atom. The van der Waals surface area contributed by atoms with Crippen molar-refractivity contribution in [2.75, 3.05) is 25.0 Å². The molecule has 0 saturated heterocycles. The molecule has 112 valence electrons. The van der Waals surface area contributed by atoms with Crippen LogP contribution in [0.1, 0.15) is 45.4 Å². The van der Waals surface area contributed by atoms with Crippen molar-refractivity contribution in [2.24, 2.45) is 5.92 Å². The lowest BCUT2D eigenvalue weighted by molar-refractivity contribution is 0.400. The van der Waals surface area contributed by atoms with Gasteiger partial charge in [0.25, 0.3) is 0 Å². The second-order valence-corrected chi connectivity index (χ2v) is 6.05. The van der Waals surface area contributed by atoms with Gasteiger partial charge in [-0.15, -0.1) is 0 Å². The Balaban J connectivity index is 1.90. The second-order valence-electron chi connectivity index (χ2n) is 6.05. The standard InChI is InChI=1S/C18H30N2/c1-3-4-14-20(17-10-6-5-7-11-17)15-13-16-9-8-12-18(16)19-2/h5-7,10-11,16,18-19H,3-4,8-9,12-15H2,1-2H3. The number of rotatable bonds is 8. The molecule has 1 aromatic carbocycles. The van der Waals surface area contributed by atoms with E-state index in [1.807, 2.05) is 0 Å². The number of nitrogens with zero attached hydrogens (tertiary/aromatic N) is 1. The molecule has 1 N–H and O–H groups in total. The maximum Gasteiger partial charge on any atom is 0.0366 e. The minimum absolute atomic E-state index is 0.749. The number of unbranched alkanes of at least 4 members (excludes halogenated alkanes) is 1. The topological polar surface area (TPSA) is 15.3 Å². The molecular formula is C18H30N2. The third kappa shape index (κ3) is 4.24. The number of hydrogen-bond acceptors (Lipinski definition) is 2. The van der Waals surface area contributed by atoms with Gasteiger partial charge in [0.05, 0.1) is 0 Å². The number of benzene rings is 1. The third-order valence-electron chi connectivity index (χ3n) is 4.70. The van der Waals surface area contributed by atoms with Gasteiger partial charge in [-0.3, -0.25) is 0 Å². The highest BCUT2D eigenvalue weighted by Crippen LogP contribution is 2.29. The van der Waals surface area contributed by atoms with Gasteiger partial charge in [-0.05, 0) is 50.8 Å². The highest BCUT2D eigenvalue weighted by atomic mass is 15.1. The van der Waals surface area contributed by atoms with Gasteiger partial charge in [-0.25, -0.2) is 0 Å². The zero-order valence-electron chi connectivity index (χ0n) is 13.1. The van der Waals surface area contributed by atoms with E-state index >= 15 is 0 Å². The monoisotopic (exact) mass is 274 g/mol. The summed E-state index contributed by atoms with van der Waals surface area (Å²) in [7, 11) is 2.12. The van der Waals surface area contributed by atoms with E-state index in [-0.39, 0.29) is 0 Å². The fourth-order valence-electron chi connectivity index (χ4n) is 3.44. The lowest BCUT2D eigenvalue weighted by Crippen LogP contribution is -2.33. The van der Waals surface area contributed by atoms with Crippen molar-refractivity contribution in [1.29, 1.82) is 0 Å². The Morgan fingerprint density at radius 1 is 1.15 bits per heavy atom. The highest BCUT2D eigenvalue weighted by Gasteiger charge is 2.25. The van der Waals surface area contributed by atoms with Crippen molar-refractivity contribution >= 4 is 5.69 Å². The zero-order chi connectivity index (χ0) is 14.2. The van der Waals surface area contributed by atoms with E-state index in [9.17, 15) is 0 Å². The first-order valence-corrected chi connectivity index (χ1v) is 8.32. The third-order valence-corrected chi connectivity index (χ3v) is 4.70. The molecule has 0 aliphatic heterocycles. The summed E-state index contributed by atoms with van der Waals surface area (Å²) in [4.78, 5) is 2.58. The Hall–Kier alpha value is -1.02. The molecule has 0 heterocycles. The molecule has 0 radical (unpaired) electrons. The largest absolute Gasteiger partial charge is 0.372 e. The van der Waals surface area contributed by atoms with E-state index < -0.39 is 0 Å². The van der Waals surface area contributed by atoms with E-state index in [2.05, 4.69) is 54.5 Å². The lowest BCUT2D eigenvalue weighted by Gasteiger charge is -2.28. The van der Waals surface area contributed by atoms with Crippen molar-refractivity contribution in [3.8, 4) is 0 Å². The van der Waals surface area contributed by atoms with Crippen molar-refractivity contribution in [1.82, 2.24) is 5.32 Å². The normalized spacial score (nSPS) is 22.1. The van der Waals surface area contributed by atoms with E-state index in [4.69, 9.17) is 0 Å². The van der Waals surface area contributed by atoms with E-state index in [0.717, 1.165) is 12.0 Å². The van der Waals surface area contributed by atoms with Gasteiger partial charge in [0.15, 0.2) is 0 Å². The zero-order valence-corrected chi connectivity index (χ0v) is 13.1. The minimum atomic E-state index is 0.749. The Labute approximate surface area is 124 Å². The summed E-state index contributed by atoms with van der Waals surface area (Å²) in [6.07, 6.45) is 8.05. The summed E-state index contributed by atoms with van der Waals surface area (Å²) >= 11 is 0. The minimum Gasteiger partial charge on any atom is -0.372 e. The summed E-state index contributed by atoms with van der Waals surface area (Å²) in [6.45, 7) is 4.67. The molecule has 1 aliphatic rings. The van der Waals surface area contributed by atoms with Gasteiger partial charge < -0.3 is 10.2 Å². The van der Waals surface area contributed by atoms with E-state index in [1.165, 1.54) is 57.3 Å². The van der Waals surface area contributed by atoms with Crippen LogP contribution in [0.3, 0.4) is 0 Å². The van der Waals surface area contributed by atoms with Gasteiger partial charge >= 0.3 is 0 Å². The number of nitrogens with one attached hydrogen (secondary N) is 1. The summed E-state index contributed by atoms with van der Waals surface area (Å²) in [6, 6.07) is 11.7. The maximum atomic E-state index is 3.50. The van der Waals surface area contributed by atoms with Crippen LogP contribution in [0.2, 0.25) is 0 Å². The average molecular weight is 274 g/mol. The molecule has 2 atom stereocenters. The van der Waals surface area contributed by atoms with Gasteiger partial charge in [-0.1, -0.05) is 38.0 Å². The second kappa shape index (κ2) is 8.31. The summed E-state index contributed by atoms with van der Waals surface area (Å²) in [5, 5.41) is 3.50. The molecule has 2 heteroatoms. The maximum absolute atomic E-state index is 3.50. The van der Waals surface area contributed by atoms with Crippen molar-refractivity contribution in [3.05, 3.63) is 30.3 Å². The smallest absolute Gasteiger partial charge is 0.0366 e. The van der Waals surface area contributed by atoms with Crippen molar-refractivity contribution in [2.45, 2.75) is 51.5 Å². The van der Waals surface area contributed by atoms with Gasteiger partial charge in [-0.2, -0.15) is 0 Å². The van der Waals surface area contributed by atoms with Crippen LogP contribution in [-0.2, 0) is 0 Å². The van der Waals surface area contributed by atoms with Gasteiger partial charge in [0.1, 0.15) is 0 Å². The van der Waals surface area contributed by atoms with E-state index in [1.54, 1.807) is 0 Å². The van der Waals surface area contributed by atoms with Crippen LogP contribution >= 0.6 is 0 Å². The van der Waals surface area contributed by atoms with Crippen LogP contribution in [0.5, 0.6) is 0 Å². The predicted molar refractivity (Wildman–Crippen MR) is 88.4 cm³/mol. The molecule has 2 nitrogen and oxygen atoms in total. The van der Waals surface area contributed by atoms with Crippen LogP contribution in [-0.4, -0.2) is 26.2 Å². The molecule has 1 aliphatic carbocycles. The molecule has 2 unspecified atom stereocenters. The fraction of sp³-hybridized carbons (Fsp3) is 0.667. The van der Waals surface area contributed by atoms with Crippen molar-refractivity contribution < 1.29 is 0 Å².